The van der Waals surface area contributed by atoms with Crippen molar-refractivity contribution in [3.8, 4) is 0 Å². The molecule has 0 aromatic heterocycles. The SMILES string of the molecule is CCC.COCC1(C)CCCN(C)C1. The molecule has 0 N–H and O–H groups in total. The van der Waals surface area contributed by atoms with E-state index in [0.29, 0.717) is 5.41 Å². The molecule has 0 aromatic carbocycles. The molecule has 2 nitrogen and oxygen atoms in total. The Labute approximate surface area is 89.6 Å². The van der Waals surface area contributed by atoms with Crippen LogP contribution >= 0.6 is 0 Å². The normalized spacial score (nSPS) is 28.1. The van der Waals surface area contributed by atoms with Gasteiger partial charge in [0.25, 0.3) is 0 Å². The molecule has 14 heavy (non-hydrogen) atoms. The molecular formula is C12H27NO. The minimum atomic E-state index is 0.405. The number of likely N-dealkylation sites (tertiary alicyclic amines) is 1. The fourth-order valence-electron chi connectivity index (χ4n) is 2.05. The van der Waals surface area contributed by atoms with Crippen molar-refractivity contribution in [3.63, 3.8) is 0 Å². The van der Waals surface area contributed by atoms with Crippen LogP contribution in [0.5, 0.6) is 0 Å². The number of hydrogen-bond donors (Lipinski definition) is 0. The van der Waals surface area contributed by atoms with Crippen LogP contribution < -0.4 is 0 Å². The van der Waals surface area contributed by atoms with Crippen LogP contribution in [0, 0.1) is 5.41 Å². The summed E-state index contributed by atoms with van der Waals surface area (Å²) < 4.78 is 5.21. The molecule has 1 fully saturated rings. The Morgan fingerprint density at radius 2 is 1.93 bits per heavy atom. The first-order valence-corrected chi connectivity index (χ1v) is 5.75. The van der Waals surface area contributed by atoms with Gasteiger partial charge in [-0.2, -0.15) is 0 Å². The summed E-state index contributed by atoms with van der Waals surface area (Å²) in [5.41, 5.74) is 0.405. The molecule has 1 aliphatic heterocycles. The minimum absolute atomic E-state index is 0.405. The summed E-state index contributed by atoms with van der Waals surface area (Å²) in [6.45, 7) is 9.89. The van der Waals surface area contributed by atoms with E-state index in [-0.39, 0.29) is 0 Å². The van der Waals surface area contributed by atoms with Gasteiger partial charge in [-0.05, 0) is 26.4 Å². The van der Waals surface area contributed by atoms with E-state index in [0.717, 1.165) is 6.61 Å². The van der Waals surface area contributed by atoms with E-state index in [9.17, 15) is 0 Å². The smallest absolute Gasteiger partial charge is 0.0528 e. The third-order valence-corrected chi connectivity index (χ3v) is 2.46. The first kappa shape index (κ1) is 13.9. The maximum absolute atomic E-state index is 5.21. The zero-order valence-corrected chi connectivity index (χ0v) is 10.6. The lowest BCUT2D eigenvalue weighted by Crippen LogP contribution is -2.41. The molecule has 0 spiro atoms. The average molecular weight is 201 g/mol. The molecule has 0 aliphatic carbocycles. The third kappa shape index (κ3) is 5.61. The number of ether oxygens (including phenoxy) is 1. The summed E-state index contributed by atoms with van der Waals surface area (Å²) in [6.07, 6.45) is 3.88. The molecule has 1 heterocycles. The van der Waals surface area contributed by atoms with Crippen LogP contribution in [0.25, 0.3) is 0 Å². The molecule has 1 atom stereocenters. The van der Waals surface area contributed by atoms with Crippen LogP contribution in [0.2, 0.25) is 0 Å². The molecule has 1 saturated heterocycles. The highest BCUT2D eigenvalue weighted by atomic mass is 16.5. The fraction of sp³-hybridized carbons (Fsp3) is 1.00. The van der Waals surface area contributed by atoms with Gasteiger partial charge >= 0.3 is 0 Å². The molecular weight excluding hydrogens is 174 g/mol. The summed E-state index contributed by atoms with van der Waals surface area (Å²) in [5, 5.41) is 0. The number of methoxy groups -OCH3 is 1. The number of nitrogens with zero attached hydrogens (tertiary/aromatic N) is 1. The van der Waals surface area contributed by atoms with Gasteiger partial charge < -0.3 is 9.64 Å². The van der Waals surface area contributed by atoms with Gasteiger partial charge in [-0.15, -0.1) is 0 Å². The van der Waals surface area contributed by atoms with Crippen LogP contribution in [0.3, 0.4) is 0 Å². The molecule has 0 radical (unpaired) electrons. The quantitative estimate of drug-likeness (QED) is 0.681. The highest BCUT2D eigenvalue weighted by molar-refractivity contribution is 4.81. The lowest BCUT2D eigenvalue weighted by Gasteiger charge is -2.38. The zero-order chi connectivity index (χ0) is 11.0. The molecule has 2 heteroatoms. The van der Waals surface area contributed by atoms with Crippen LogP contribution in [0.1, 0.15) is 40.0 Å². The maximum Gasteiger partial charge on any atom is 0.0528 e. The molecule has 0 amide bonds. The summed E-state index contributed by atoms with van der Waals surface area (Å²) in [6, 6.07) is 0. The Morgan fingerprint density at radius 1 is 1.36 bits per heavy atom. The Bertz CT molecular complexity index is 134. The maximum atomic E-state index is 5.21. The van der Waals surface area contributed by atoms with Crippen LogP contribution in [0.4, 0.5) is 0 Å². The molecule has 1 aliphatic rings. The lowest BCUT2D eigenvalue weighted by atomic mass is 9.83. The van der Waals surface area contributed by atoms with E-state index >= 15 is 0 Å². The summed E-state index contributed by atoms with van der Waals surface area (Å²) in [5.74, 6) is 0. The van der Waals surface area contributed by atoms with Crippen LogP contribution in [0.15, 0.2) is 0 Å². The topological polar surface area (TPSA) is 12.5 Å². The predicted octanol–water partition coefficient (Wildman–Crippen LogP) is 2.78. The van der Waals surface area contributed by atoms with Crippen molar-refractivity contribution in [3.05, 3.63) is 0 Å². The van der Waals surface area contributed by atoms with Gasteiger partial charge in [-0.1, -0.05) is 27.2 Å². The largest absolute Gasteiger partial charge is 0.384 e. The van der Waals surface area contributed by atoms with E-state index in [1.165, 1.54) is 32.4 Å². The average Bonchev–Trinajstić information content (AvgIpc) is 2.04. The van der Waals surface area contributed by atoms with E-state index in [1.54, 1.807) is 7.11 Å². The highest BCUT2D eigenvalue weighted by Gasteiger charge is 2.28. The van der Waals surface area contributed by atoms with E-state index < -0.39 is 0 Å². The highest BCUT2D eigenvalue weighted by Crippen LogP contribution is 2.28. The van der Waals surface area contributed by atoms with E-state index in [1.807, 2.05) is 0 Å². The second kappa shape index (κ2) is 7.24. The van der Waals surface area contributed by atoms with Gasteiger partial charge in [-0.3, -0.25) is 0 Å². The summed E-state index contributed by atoms with van der Waals surface area (Å²) in [4.78, 5) is 2.39. The molecule has 1 unspecified atom stereocenters. The van der Waals surface area contributed by atoms with Crippen LogP contribution in [-0.4, -0.2) is 38.8 Å². The van der Waals surface area contributed by atoms with Crippen molar-refractivity contribution in [2.75, 3.05) is 33.9 Å². The lowest BCUT2D eigenvalue weighted by molar-refractivity contribution is 0.0339. The number of rotatable bonds is 2. The van der Waals surface area contributed by atoms with Gasteiger partial charge in [0.15, 0.2) is 0 Å². The Kier molecular flexibility index (Phi) is 7.20. The Morgan fingerprint density at radius 3 is 2.36 bits per heavy atom. The second-order valence-corrected chi connectivity index (χ2v) is 4.79. The van der Waals surface area contributed by atoms with Gasteiger partial charge in [0.1, 0.15) is 0 Å². The first-order valence-electron chi connectivity index (χ1n) is 5.75. The van der Waals surface area contributed by atoms with Gasteiger partial charge in [0, 0.05) is 19.1 Å². The summed E-state index contributed by atoms with van der Waals surface area (Å²) in [7, 11) is 3.98. The van der Waals surface area contributed by atoms with Crippen molar-refractivity contribution in [2.45, 2.75) is 40.0 Å². The monoisotopic (exact) mass is 201 g/mol. The molecule has 86 valence electrons. The summed E-state index contributed by atoms with van der Waals surface area (Å²) >= 11 is 0. The van der Waals surface area contributed by atoms with Crippen molar-refractivity contribution >= 4 is 0 Å². The molecule has 0 bridgehead atoms. The molecule has 0 aromatic rings. The number of piperidine rings is 1. The van der Waals surface area contributed by atoms with Crippen LogP contribution in [-0.2, 0) is 4.74 Å². The predicted molar refractivity (Wildman–Crippen MR) is 62.7 cm³/mol. The van der Waals surface area contributed by atoms with Gasteiger partial charge in [0.2, 0.25) is 0 Å². The van der Waals surface area contributed by atoms with Crippen molar-refractivity contribution in [1.82, 2.24) is 4.90 Å². The Balaban J connectivity index is 0.000000500. The molecule has 1 rings (SSSR count). The van der Waals surface area contributed by atoms with E-state index in [4.69, 9.17) is 4.74 Å². The van der Waals surface area contributed by atoms with Crippen molar-refractivity contribution in [2.24, 2.45) is 5.41 Å². The fourth-order valence-corrected chi connectivity index (χ4v) is 2.05. The zero-order valence-electron chi connectivity index (χ0n) is 10.6. The van der Waals surface area contributed by atoms with Crippen molar-refractivity contribution < 1.29 is 4.74 Å². The standard InChI is InChI=1S/C9H19NO.C3H8/c1-9(8-11-3)5-4-6-10(2)7-9;1-3-2/h4-8H2,1-3H3;3H2,1-2H3. The first-order chi connectivity index (χ1) is 6.58. The van der Waals surface area contributed by atoms with Gasteiger partial charge in [0.05, 0.1) is 6.61 Å². The Hall–Kier alpha value is -0.0800. The minimum Gasteiger partial charge on any atom is -0.384 e. The third-order valence-electron chi connectivity index (χ3n) is 2.46. The molecule has 0 saturated carbocycles. The van der Waals surface area contributed by atoms with E-state index in [2.05, 4.69) is 32.7 Å². The second-order valence-electron chi connectivity index (χ2n) is 4.79. The number of hydrogen-bond acceptors (Lipinski definition) is 2. The van der Waals surface area contributed by atoms with Crippen molar-refractivity contribution in [1.29, 1.82) is 0 Å². The van der Waals surface area contributed by atoms with Gasteiger partial charge in [-0.25, -0.2) is 0 Å².